The van der Waals surface area contributed by atoms with Crippen LogP contribution in [0.5, 0.6) is 0 Å². The van der Waals surface area contributed by atoms with Crippen LogP contribution < -0.4 is 5.32 Å². The average molecular weight is 648 g/mol. The lowest BCUT2D eigenvalue weighted by Crippen LogP contribution is -2.38. The van der Waals surface area contributed by atoms with Gasteiger partial charge in [0, 0.05) is 23.8 Å². The first-order valence-corrected chi connectivity index (χ1v) is 15.4. The van der Waals surface area contributed by atoms with Gasteiger partial charge in [-0.25, -0.2) is 4.98 Å². The first-order valence-electron chi connectivity index (χ1n) is 13.2. The molecule has 1 amide bonds. The van der Waals surface area contributed by atoms with Crippen molar-refractivity contribution in [2.24, 2.45) is 5.92 Å². The summed E-state index contributed by atoms with van der Waals surface area (Å²) in [6.45, 7) is 2.34. The number of hydrogen-bond donors (Lipinski definition) is 3. The van der Waals surface area contributed by atoms with E-state index in [1.165, 1.54) is 6.33 Å². The number of nitrogens with zero attached hydrogens (tertiary/aromatic N) is 2. The summed E-state index contributed by atoms with van der Waals surface area (Å²) in [5, 5.41) is 19.7. The minimum atomic E-state index is -2.01. The monoisotopic (exact) mass is 646 g/mol. The topological polar surface area (TPSA) is 109 Å². The van der Waals surface area contributed by atoms with Crippen molar-refractivity contribution in [2.75, 3.05) is 5.75 Å². The summed E-state index contributed by atoms with van der Waals surface area (Å²) in [6.07, 6.45) is 0.570. The number of hydrogen-bond acceptors (Lipinski definition) is 7. The standard InChI is InChI=1S/C30H29Cl3N4O4S/c1-18-25(16-42-29-35-17-36-37-29)40-27(41-26(18)22-7-5-19(15-38)6-8-22)23-11-9-21(10-12-23)24-4-2-3-20(13-24)14-34-28(39)30(31,32)33/h2-13,17-18,25-27,38H,14-16H2,1H3,(H,34,39)(H,35,36,37)/t18-,25+,26+,27+/m1/s1. The maximum absolute atomic E-state index is 11.9. The Labute approximate surface area is 263 Å². The van der Waals surface area contributed by atoms with Gasteiger partial charge < -0.3 is 19.9 Å². The fourth-order valence-electron chi connectivity index (χ4n) is 4.71. The third-order valence-electron chi connectivity index (χ3n) is 7.05. The highest BCUT2D eigenvalue weighted by Crippen LogP contribution is 2.43. The van der Waals surface area contributed by atoms with Gasteiger partial charge in [0.15, 0.2) is 11.4 Å². The van der Waals surface area contributed by atoms with E-state index in [1.807, 2.05) is 72.8 Å². The Morgan fingerprint density at radius 3 is 2.40 bits per heavy atom. The second-order valence-corrected chi connectivity index (χ2v) is 13.2. The maximum Gasteiger partial charge on any atom is 0.272 e. The zero-order valence-corrected chi connectivity index (χ0v) is 25.6. The number of aliphatic hydroxyl groups excluding tert-OH is 1. The van der Waals surface area contributed by atoms with Gasteiger partial charge in [0.05, 0.1) is 18.8 Å². The van der Waals surface area contributed by atoms with Gasteiger partial charge in [-0.05, 0) is 33.9 Å². The second kappa shape index (κ2) is 13.8. The summed E-state index contributed by atoms with van der Waals surface area (Å²) >= 11 is 18.5. The SMILES string of the molecule is C[C@@H]1[C@H](CSc2ncn[nH]2)O[C@H](c2ccc(-c3cccc(CNC(=O)C(Cl)(Cl)Cl)c3)cc2)O[C@@H]1c1ccc(CO)cc1. The molecule has 8 nitrogen and oxygen atoms in total. The number of alkyl halides is 3. The number of nitrogens with one attached hydrogen (secondary N) is 2. The van der Waals surface area contributed by atoms with Crippen molar-refractivity contribution >= 4 is 52.5 Å². The number of carbonyl (C=O) groups is 1. The number of aliphatic hydroxyl groups is 1. The fourth-order valence-corrected chi connectivity index (χ4v) is 5.85. The van der Waals surface area contributed by atoms with Gasteiger partial charge in [0.1, 0.15) is 6.33 Å². The molecule has 3 N–H and O–H groups in total. The normalized spacial score (nSPS) is 20.8. The largest absolute Gasteiger partial charge is 0.392 e. The predicted octanol–water partition coefficient (Wildman–Crippen LogP) is 6.53. The molecule has 220 valence electrons. The molecule has 0 spiro atoms. The molecule has 3 aromatic carbocycles. The lowest BCUT2D eigenvalue weighted by molar-refractivity contribution is -0.268. The lowest BCUT2D eigenvalue weighted by Gasteiger charge is -2.41. The maximum atomic E-state index is 11.9. The van der Waals surface area contributed by atoms with E-state index in [4.69, 9.17) is 44.3 Å². The van der Waals surface area contributed by atoms with Crippen LogP contribution in [-0.4, -0.2) is 41.8 Å². The Bertz CT molecular complexity index is 1470. The van der Waals surface area contributed by atoms with Crippen LogP contribution >= 0.6 is 46.6 Å². The number of benzene rings is 3. The van der Waals surface area contributed by atoms with E-state index in [1.54, 1.807) is 11.8 Å². The molecular formula is C30H29Cl3N4O4S. The second-order valence-electron chi connectivity index (χ2n) is 9.93. The molecule has 12 heteroatoms. The van der Waals surface area contributed by atoms with E-state index in [2.05, 4.69) is 27.4 Å². The Morgan fingerprint density at radius 1 is 1.00 bits per heavy atom. The molecule has 1 saturated heterocycles. The number of rotatable bonds is 9. The van der Waals surface area contributed by atoms with Crippen LogP contribution in [0.1, 0.15) is 41.6 Å². The molecule has 2 heterocycles. The molecule has 4 aromatic rings. The van der Waals surface area contributed by atoms with E-state index in [0.29, 0.717) is 5.75 Å². The van der Waals surface area contributed by atoms with Crippen LogP contribution in [0.2, 0.25) is 0 Å². The third-order valence-corrected chi connectivity index (χ3v) is 8.53. The summed E-state index contributed by atoms with van der Waals surface area (Å²) in [4.78, 5) is 16.1. The van der Waals surface area contributed by atoms with Crippen LogP contribution in [-0.2, 0) is 27.4 Å². The fraction of sp³-hybridized carbons (Fsp3) is 0.300. The van der Waals surface area contributed by atoms with Gasteiger partial charge in [-0.1, -0.05) is 120 Å². The van der Waals surface area contributed by atoms with Crippen molar-refractivity contribution in [1.82, 2.24) is 20.5 Å². The zero-order chi connectivity index (χ0) is 29.7. The molecule has 0 unspecified atom stereocenters. The number of halogens is 3. The molecule has 0 aliphatic carbocycles. The van der Waals surface area contributed by atoms with Crippen molar-refractivity contribution < 1.29 is 19.4 Å². The van der Waals surface area contributed by atoms with E-state index in [0.717, 1.165) is 38.5 Å². The molecular weight excluding hydrogens is 619 g/mol. The van der Waals surface area contributed by atoms with Gasteiger partial charge in [-0.2, -0.15) is 5.10 Å². The Kier molecular flexibility index (Phi) is 10.1. The zero-order valence-electron chi connectivity index (χ0n) is 22.5. The number of aromatic amines is 1. The predicted molar refractivity (Wildman–Crippen MR) is 164 cm³/mol. The number of amides is 1. The Balaban J connectivity index is 1.33. The number of aromatic nitrogens is 3. The summed E-state index contributed by atoms with van der Waals surface area (Å²) in [7, 11) is 0. The smallest absolute Gasteiger partial charge is 0.272 e. The number of carbonyl (C=O) groups excluding carboxylic acids is 1. The average Bonchev–Trinajstić information content (AvgIpc) is 3.53. The minimum Gasteiger partial charge on any atom is -0.392 e. The van der Waals surface area contributed by atoms with Crippen LogP contribution in [0.15, 0.2) is 84.3 Å². The number of H-pyrrole nitrogens is 1. The van der Waals surface area contributed by atoms with Gasteiger partial charge in [0.2, 0.25) is 0 Å². The molecule has 1 aromatic heterocycles. The van der Waals surface area contributed by atoms with Gasteiger partial charge >= 0.3 is 0 Å². The van der Waals surface area contributed by atoms with E-state index < -0.39 is 16.0 Å². The molecule has 0 radical (unpaired) electrons. The molecule has 4 atom stereocenters. The van der Waals surface area contributed by atoms with Gasteiger partial charge in [-0.15, -0.1) is 0 Å². The quantitative estimate of drug-likeness (QED) is 0.140. The van der Waals surface area contributed by atoms with E-state index in [9.17, 15) is 9.90 Å². The summed E-state index contributed by atoms with van der Waals surface area (Å²) < 4.78 is 11.1. The Morgan fingerprint density at radius 2 is 1.74 bits per heavy atom. The first kappa shape index (κ1) is 30.8. The molecule has 0 saturated carbocycles. The summed E-state index contributed by atoms with van der Waals surface area (Å²) in [5.74, 6) is 0.0474. The summed E-state index contributed by atoms with van der Waals surface area (Å²) in [6, 6.07) is 23.6. The van der Waals surface area contributed by atoms with Crippen LogP contribution in [0.4, 0.5) is 0 Å². The van der Waals surface area contributed by atoms with Crippen LogP contribution in [0.3, 0.4) is 0 Å². The van der Waals surface area contributed by atoms with E-state index >= 15 is 0 Å². The van der Waals surface area contributed by atoms with Crippen LogP contribution in [0, 0.1) is 5.92 Å². The molecule has 0 bridgehead atoms. The highest BCUT2D eigenvalue weighted by molar-refractivity contribution is 7.99. The first-order chi connectivity index (χ1) is 20.2. The molecule has 5 rings (SSSR count). The molecule has 42 heavy (non-hydrogen) atoms. The molecule has 1 aliphatic rings. The van der Waals surface area contributed by atoms with Crippen molar-refractivity contribution in [3.8, 4) is 11.1 Å². The van der Waals surface area contributed by atoms with Crippen LogP contribution in [0.25, 0.3) is 11.1 Å². The number of thioether (sulfide) groups is 1. The van der Waals surface area contributed by atoms with E-state index in [-0.39, 0.29) is 31.3 Å². The van der Waals surface area contributed by atoms with Crippen molar-refractivity contribution in [3.05, 3.63) is 101 Å². The van der Waals surface area contributed by atoms with Crippen molar-refractivity contribution in [2.45, 2.75) is 47.5 Å². The van der Waals surface area contributed by atoms with Crippen molar-refractivity contribution in [1.29, 1.82) is 0 Å². The van der Waals surface area contributed by atoms with Gasteiger partial charge in [0.25, 0.3) is 9.70 Å². The Hall–Kier alpha value is -2.63. The minimum absolute atomic E-state index is 0.0115. The molecule has 1 aliphatic heterocycles. The molecule has 1 fully saturated rings. The number of ether oxygens (including phenoxy) is 2. The highest BCUT2D eigenvalue weighted by atomic mass is 35.6. The van der Waals surface area contributed by atoms with Crippen molar-refractivity contribution in [3.63, 3.8) is 0 Å². The summed E-state index contributed by atoms with van der Waals surface area (Å²) in [5.41, 5.74) is 5.60. The van der Waals surface area contributed by atoms with Gasteiger partial charge in [-0.3, -0.25) is 9.89 Å². The lowest BCUT2D eigenvalue weighted by atomic mass is 9.91. The highest BCUT2D eigenvalue weighted by Gasteiger charge is 2.38. The third kappa shape index (κ3) is 7.65.